The summed E-state index contributed by atoms with van der Waals surface area (Å²) >= 11 is 1.45. The molecule has 1 amide bonds. The summed E-state index contributed by atoms with van der Waals surface area (Å²) in [5, 5.41) is 9.02. The van der Waals surface area contributed by atoms with E-state index in [1.54, 1.807) is 12.1 Å². The molecule has 3 rings (SSSR count). The lowest BCUT2D eigenvalue weighted by molar-refractivity contribution is -0.143. The first-order valence-electron chi connectivity index (χ1n) is 11.1. The summed E-state index contributed by atoms with van der Waals surface area (Å²) in [5.74, 6) is 0.377. The summed E-state index contributed by atoms with van der Waals surface area (Å²) in [4.78, 5) is 18.8. The van der Waals surface area contributed by atoms with Crippen LogP contribution in [0.1, 0.15) is 38.3 Å². The summed E-state index contributed by atoms with van der Waals surface area (Å²) in [6, 6.07) is 10.3. The van der Waals surface area contributed by atoms with Crippen LogP contribution in [-0.2, 0) is 24.7 Å². The Morgan fingerprint density at radius 3 is 2.16 bits per heavy atom. The number of aliphatic hydroxyl groups excluding tert-OH is 1. The summed E-state index contributed by atoms with van der Waals surface area (Å²) < 4.78 is 79.5. The molecule has 0 atom stereocenters. The van der Waals surface area contributed by atoms with Crippen molar-refractivity contribution in [3.63, 3.8) is 0 Å². The monoisotopic (exact) mass is 542 g/mol. The molecule has 0 aliphatic heterocycles. The molecular formula is C26H24F6N2O2S. The number of thioether (sulfide) groups is 1. The fraction of sp³-hybridized carbons (Fsp3) is 0.308. The van der Waals surface area contributed by atoms with Crippen molar-refractivity contribution in [2.75, 3.05) is 19.4 Å². The predicted octanol–water partition coefficient (Wildman–Crippen LogP) is 6.59. The number of carbonyl (C=O) groups is 1. The standard InChI is InChI=1S/C26H24F6N2O2S/c1-16-5-3-4-6-21(16)22-12-20(15-37-8-7-35)33-13-23(22)24(36)34(2)14-17-9-18(25(27,28)29)11-19(10-17)26(30,31)32/h3-6,9-13,35H,7-8,14-15H2,1-2H3. The molecule has 0 aliphatic carbocycles. The second-order valence-electron chi connectivity index (χ2n) is 8.39. The minimum absolute atomic E-state index is 0.00226. The number of pyridine rings is 1. The Kier molecular flexibility index (Phi) is 8.91. The van der Waals surface area contributed by atoms with Crippen molar-refractivity contribution >= 4 is 17.7 Å². The van der Waals surface area contributed by atoms with Gasteiger partial charge in [-0.1, -0.05) is 24.3 Å². The van der Waals surface area contributed by atoms with Gasteiger partial charge in [0.25, 0.3) is 5.91 Å². The highest BCUT2D eigenvalue weighted by Gasteiger charge is 2.37. The van der Waals surface area contributed by atoms with E-state index in [4.69, 9.17) is 5.11 Å². The molecule has 0 aliphatic rings. The molecule has 3 aromatic rings. The Morgan fingerprint density at radius 2 is 1.59 bits per heavy atom. The first-order chi connectivity index (χ1) is 17.3. The van der Waals surface area contributed by atoms with Crippen LogP contribution in [0.5, 0.6) is 0 Å². The Morgan fingerprint density at radius 1 is 0.973 bits per heavy atom. The molecule has 0 fully saturated rings. The molecule has 0 radical (unpaired) electrons. The van der Waals surface area contributed by atoms with Gasteiger partial charge in [-0.3, -0.25) is 9.78 Å². The lowest BCUT2D eigenvalue weighted by atomic mass is 9.96. The van der Waals surface area contributed by atoms with Gasteiger partial charge in [0.05, 0.1) is 29.0 Å². The first-order valence-corrected chi connectivity index (χ1v) is 12.2. The van der Waals surface area contributed by atoms with E-state index in [1.807, 2.05) is 25.1 Å². The maximum absolute atomic E-state index is 13.4. The number of hydrogen-bond donors (Lipinski definition) is 1. The highest BCUT2D eigenvalue weighted by Crippen LogP contribution is 2.37. The fourth-order valence-corrected chi connectivity index (χ4v) is 4.39. The molecule has 0 saturated carbocycles. The van der Waals surface area contributed by atoms with E-state index >= 15 is 0 Å². The number of aromatic nitrogens is 1. The van der Waals surface area contributed by atoms with E-state index in [0.29, 0.717) is 34.9 Å². The lowest BCUT2D eigenvalue weighted by Gasteiger charge is -2.21. The molecule has 1 N–H and O–H groups in total. The van der Waals surface area contributed by atoms with Gasteiger partial charge in [-0.25, -0.2) is 0 Å². The van der Waals surface area contributed by atoms with Crippen LogP contribution in [0.4, 0.5) is 26.3 Å². The molecule has 11 heteroatoms. The number of amides is 1. The number of nitrogens with zero attached hydrogens (tertiary/aromatic N) is 2. The third-order valence-electron chi connectivity index (χ3n) is 5.53. The van der Waals surface area contributed by atoms with E-state index in [-0.39, 0.29) is 23.8 Å². The van der Waals surface area contributed by atoms with Crippen molar-refractivity contribution < 1.29 is 36.2 Å². The van der Waals surface area contributed by atoms with E-state index < -0.39 is 35.9 Å². The van der Waals surface area contributed by atoms with Crippen LogP contribution in [0.25, 0.3) is 11.1 Å². The van der Waals surface area contributed by atoms with Gasteiger partial charge in [0.2, 0.25) is 0 Å². The number of halogens is 6. The van der Waals surface area contributed by atoms with Crippen molar-refractivity contribution in [3.05, 3.63) is 88.2 Å². The zero-order chi connectivity index (χ0) is 27.4. The van der Waals surface area contributed by atoms with Gasteiger partial charge in [-0.2, -0.15) is 38.1 Å². The van der Waals surface area contributed by atoms with E-state index in [0.717, 1.165) is 16.0 Å². The average molecular weight is 543 g/mol. The van der Waals surface area contributed by atoms with Crippen LogP contribution >= 0.6 is 11.8 Å². The van der Waals surface area contributed by atoms with Crippen LogP contribution in [0, 0.1) is 6.92 Å². The van der Waals surface area contributed by atoms with Gasteiger partial charge >= 0.3 is 12.4 Å². The van der Waals surface area contributed by atoms with Gasteiger partial charge in [-0.05, 0) is 53.4 Å². The van der Waals surface area contributed by atoms with Crippen LogP contribution in [0.3, 0.4) is 0 Å². The number of aryl methyl sites for hydroxylation is 1. The number of aliphatic hydroxyl groups is 1. The maximum Gasteiger partial charge on any atom is 0.416 e. The van der Waals surface area contributed by atoms with Crippen LogP contribution in [0.15, 0.2) is 54.7 Å². The molecule has 0 saturated heterocycles. The second-order valence-corrected chi connectivity index (χ2v) is 9.49. The zero-order valence-electron chi connectivity index (χ0n) is 20.0. The molecular weight excluding hydrogens is 518 g/mol. The topological polar surface area (TPSA) is 53.4 Å². The third-order valence-corrected chi connectivity index (χ3v) is 6.50. The van der Waals surface area contributed by atoms with Crippen molar-refractivity contribution in [2.45, 2.75) is 31.6 Å². The van der Waals surface area contributed by atoms with Crippen molar-refractivity contribution in [1.29, 1.82) is 0 Å². The quantitative estimate of drug-likeness (QED) is 0.258. The van der Waals surface area contributed by atoms with Crippen LogP contribution in [-0.4, -0.2) is 40.3 Å². The molecule has 4 nitrogen and oxygen atoms in total. The van der Waals surface area contributed by atoms with Crippen molar-refractivity contribution in [3.8, 4) is 11.1 Å². The van der Waals surface area contributed by atoms with Crippen molar-refractivity contribution in [1.82, 2.24) is 9.88 Å². The van der Waals surface area contributed by atoms with Gasteiger partial charge in [0.15, 0.2) is 0 Å². The normalized spacial score (nSPS) is 12.0. The van der Waals surface area contributed by atoms with Gasteiger partial charge in [-0.15, -0.1) is 0 Å². The molecule has 1 aromatic heterocycles. The summed E-state index contributed by atoms with van der Waals surface area (Å²) in [7, 11) is 1.31. The highest BCUT2D eigenvalue weighted by molar-refractivity contribution is 7.98. The predicted molar refractivity (Wildman–Crippen MR) is 130 cm³/mol. The van der Waals surface area contributed by atoms with Crippen molar-refractivity contribution in [2.24, 2.45) is 0 Å². The van der Waals surface area contributed by atoms with E-state index in [2.05, 4.69) is 4.98 Å². The largest absolute Gasteiger partial charge is 0.416 e. The molecule has 2 aromatic carbocycles. The van der Waals surface area contributed by atoms with Gasteiger partial charge < -0.3 is 10.0 Å². The van der Waals surface area contributed by atoms with Crippen LogP contribution < -0.4 is 0 Å². The number of carbonyl (C=O) groups excluding carboxylic acids is 1. The molecule has 0 unspecified atom stereocenters. The summed E-state index contributed by atoms with van der Waals surface area (Å²) in [6.45, 7) is 1.38. The number of benzene rings is 2. The minimum atomic E-state index is -4.98. The Hall–Kier alpha value is -3.05. The second kappa shape index (κ2) is 11.6. The Labute approximate surface area is 214 Å². The zero-order valence-corrected chi connectivity index (χ0v) is 20.8. The maximum atomic E-state index is 13.4. The van der Waals surface area contributed by atoms with Gasteiger partial charge in [0, 0.05) is 31.3 Å². The van der Waals surface area contributed by atoms with Gasteiger partial charge in [0.1, 0.15) is 0 Å². The first kappa shape index (κ1) is 28.5. The lowest BCUT2D eigenvalue weighted by Crippen LogP contribution is -2.27. The molecule has 37 heavy (non-hydrogen) atoms. The summed E-state index contributed by atoms with van der Waals surface area (Å²) in [6.07, 6.45) is -8.60. The fourth-order valence-electron chi connectivity index (χ4n) is 3.75. The minimum Gasteiger partial charge on any atom is -0.396 e. The Balaban J connectivity index is 1.99. The molecule has 198 valence electrons. The highest BCUT2D eigenvalue weighted by atomic mass is 32.2. The third kappa shape index (κ3) is 7.26. The number of hydrogen-bond acceptors (Lipinski definition) is 4. The van der Waals surface area contributed by atoms with E-state index in [9.17, 15) is 31.1 Å². The summed E-state index contributed by atoms with van der Waals surface area (Å²) in [5.41, 5.74) is -0.208. The molecule has 1 heterocycles. The van der Waals surface area contributed by atoms with E-state index in [1.165, 1.54) is 25.0 Å². The number of rotatable bonds is 8. The molecule has 0 bridgehead atoms. The number of alkyl halides is 6. The smallest absolute Gasteiger partial charge is 0.396 e. The van der Waals surface area contributed by atoms with Crippen LogP contribution in [0.2, 0.25) is 0 Å². The Bertz CT molecular complexity index is 1230. The SMILES string of the molecule is Cc1ccccc1-c1cc(CSCCO)ncc1C(=O)N(C)Cc1cc(C(F)(F)F)cc(C(F)(F)F)c1. The molecule has 0 spiro atoms. The average Bonchev–Trinajstić information content (AvgIpc) is 2.83.